The number of terminal acetylenes is 1. The molecular weight excluding hydrogens is 560 g/mol. The monoisotopic (exact) mass is 595 g/mol. The number of likely N-dealkylation sites (tertiary alicyclic amines) is 1. The van der Waals surface area contributed by atoms with Gasteiger partial charge in [-0.2, -0.15) is 9.97 Å². The maximum Gasteiger partial charge on any atom is 0.319 e. The topological polar surface area (TPSA) is 73.8 Å². The second-order valence-corrected chi connectivity index (χ2v) is 13.2. The first-order chi connectivity index (χ1) is 21.3. The summed E-state index contributed by atoms with van der Waals surface area (Å²) in [4.78, 5) is 14.3. The van der Waals surface area contributed by atoms with Gasteiger partial charge in [0, 0.05) is 53.5 Å². The number of aromatic hydroxyl groups is 1. The highest BCUT2D eigenvalue weighted by Crippen LogP contribution is 2.47. The molecule has 44 heavy (non-hydrogen) atoms. The molecule has 4 aliphatic rings. The molecule has 226 valence electrons. The minimum absolute atomic E-state index is 0.0250. The molecule has 9 heteroatoms. The van der Waals surface area contributed by atoms with E-state index in [-0.39, 0.29) is 33.8 Å². The zero-order chi connectivity index (χ0) is 30.2. The van der Waals surface area contributed by atoms with Crippen molar-refractivity contribution in [2.45, 2.75) is 51.1 Å². The maximum atomic E-state index is 17.0. The molecule has 4 aromatic rings. The molecule has 7 nitrogen and oxygen atoms in total. The molecule has 1 saturated carbocycles. The van der Waals surface area contributed by atoms with Gasteiger partial charge in [-0.15, -0.1) is 6.42 Å². The Labute approximate surface area is 255 Å². The van der Waals surface area contributed by atoms with Crippen LogP contribution in [0.2, 0.25) is 0 Å². The fraction of sp³-hybridized carbons (Fsp3) is 0.429. The molecule has 3 aliphatic heterocycles. The molecule has 1 aliphatic carbocycles. The number of nitrogens with zero attached hydrogens (tertiary/aromatic N) is 4. The van der Waals surface area contributed by atoms with Gasteiger partial charge in [0.25, 0.3) is 0 Å². The lowest BCUT2D eigenvalue weighted by molar-refractivity contribution is 0.111. The number of phenols is 1. The quantitative estimate of drug-likeness (QED) is 0.272. The second kappa shape index (κ2) is 10.3. The van der Waals surface area contributed by atoms with Crippen LogP contribution in [-0.4, -0.2) is 71.4 Å². The van der Waals surface area contributed by atoms with Crippen molar-refractivity contribution in [3.05, 3.63) is 53.1 Å². The minimum atomic E-state index is -0.577. The standard InChI is InChI=1S/C35H35F2N5O2/c1-3-25-28(36)8-5-21-14-24(43)15-26(30(21)25)29-20(2)13-27-32(31(29)37)39-34(44-19-35(9-10-35)18-41-11-4-12-41)40-33(27)42-16-22-6-7-23(17-42)38-22/h1,5,8,13-15,22-23,38,43H,4,6-7,9-12,16-19H2,2H3. The Hall–Kier alpha value is -4.00. The summed E-state index contributed by atoms with van der Waals surface area (Å²) >= 11 is 0. The highest BCUT2D eigenvalue weighted by Gasteiger charge is 2.46. The van der Waals surface area contributed by atoms with Crippen molar-refractivity contribution in [3.63, 3.8) is 0 Å². The van der Waals surface area contributed by atoms with E-state index in [1.807, 2.05) is 13.0 Å². The van der Waals surface area contributed by atoms with Crippen LogP contribution >= 0.6 is 0 Å². The Morgan fingerprint density at radius 2 is 1.89 bits per heavy atom. The number of phenolic OH excluding ortho intramolecular Hbond substituents is 1. The molecule has 3 aromatic carbocycles. The molecule has 4 fully saturated rings. The number of rotatable bonds is 7. The van der Waals surface area contributed by atoms with Crippen LogP contribution in [0.1, 0.15) is 43.2 Å². The van der Waals surface area contributed by atoms with E-state index < -0.39 is 11.6 Å². The number of ether oxygens (including phenoxy) is 1. The Balaban J connectivity index is 1.28. The smallest absolute Gasteiger partial charge is 0.319 e. The van der Waals surface area contributed by atoms with Crippen molar-refractivity contribution >= 4 is 27.5 Å². The summed E-state index contributed by atoms with van der Waals surface area (Å²) in [6, 6.07) is 8.54. The molecule has 0 amide bonds. The molecule has 2 atom stereocenters. The molecule has 0 radical (unpaired) electrons. The van der Waals surface area contributed by atoms with Crippen molar-refractivity contribution in [1.29, 1.82) is 0 Å². The summed E-state index contributed by atoms with van der Waals surface area (Å²) in [7, 11) is 0. The predicted molar refractivity (Wildman–Crippen MR) is 167 cm³/mol. The fourth-order valence-corrected chi connectivity index (χ4v) is 7.44. The largest absolute Gasteiger partial charge is 0.508 e. The molecule has 4 heterocycles. The molecule has 8 rings (SSSR count). The Bertz CT molecular complexity index is 1850. The van der Waals surface area contributed by atoms with E-state index >= 15 is 4.39 Å². The summed E-state index contributed by atoms with van der Waals surface area (Å²) in [5.41, 5.74) is 1.40. The predicted octanol–water partition coefficient (Wildman–Crippen LogP) is 5.53. The third-order valence-corrected chi connectivity index (χ3v) is 10.0. The van der Waals surface area contributed by atoms with Gasteiger partial charge in [-0.1, -0.05) is 12.0 Å². The van der Waals surface area contributed by atoms with Gasteiger partial charge < -0.3 is 25.0 Å². The lowest BCUT2D eigenvalue weighted by Gasteiger charge is -2.35. The van der Waals surface area contributed by atoms with Crippen LogP contribution in [0.15, 0.2) is 30.3 Å². The number of anilines is 1. The van der Waals surface area contributed by atoms with E-state index in [9.17, 15) is 9.50 Å². The Kier molecular flexibility index (Phi) is 6.44. The summed E-state index contributed by atoms with van der Waals surface area (Å²) in [6.45, 7) is 7.11. The number of fused-ring (bicyclic) bond motifs is 4. The molecule has 2 bridgehead atoms. The highest BCUT2D eigenvalue weighted by atomic mass is 19.1. The number of nitrogens with one attached hydrogen (secondary N) is 1. The number of aromatic nitrogens is 2. The van der Waals surface area contributed by atoms with E-state index in [0.29, 0.717) is 51.8 Å². The van der Waals surface area contributed by atoms with E-state index in [1.54, 1.807) is 6.07 Å². The first kappa shape index (κ1) is 27.5. The number of halogens is 2. The third kappa shape index (κ3) is 4.63. The maximum absolute atomic E-state index is 17.0. The zero-order valence-electron chi connectivity index (χ0n) is 24.8. The van der Waals surface area contributed by atoms with Crippen molar-refractivity contribution in [2.24, 2.45) is 5.41 Å². The number of piperazine rings is 1. The summed E-state index contributed by atoms with van der Waals surface area (Å²) in [5, 5.41) is 15.8. The molecule has 2 unspecified atom stereocenters. The van der Waals surface area contributed by atoms with Crippen LogP contribution in [0, 0.1) is 36.3 Å². The number of hydrogen-bond donors (Lipinski definition) is 2. The van der Waals surface area contributed by atoms with Gasteiger partial charge >= 0.3 is 6.01 Å². The van der Waals surface area contributed by atoms with Gasteiger partial charge in [-0.3, -0.25) is 0 Å². The Morgan fingerprint density at radius 3 is 2.57 bits per heavy atom. The van der Waals surface area contributed by atoms with E-state index in [2.05, 4.69) is 26.0 Å². The summed E-state index contributed by atoms with van der Waals surface area (Å²) < 4.78 is 38.2. The molecule has 3 saturated heterocycles. The molecule has 2 N–H and O–H groups in total. The lowest BCUT2D eigenvalue weighted by Crippen LogP contribution is -2.51. The third-order valence-electron chi connectivity index (χ3n) is 10.0. The summed E-state index contributed by atoms with van der Waals surface area (Å²) in [5.74, 6) is 1.88. The van der Waals surface area contributed by atoms with Crippen molar-refractivity contribution in [1.82, 2.24) is 20.2 Å². The first-order valence-corrected chi connectivity index (χ1v) is 15.6. The molecule has 0 spiro atoms. The highest BCUT2D eigenvalue weighted by molar-refractivity contribution is 6.05. The van der Waals surface area contributed by atoms with Crippen LogP contribution in [0.4, 0.5) is 14.6 Å². The first-order valence-electron chi connectivity index (χ1n) is 15.6. The van der Waals surface area contributed by atoms with Gasteiger partial charge in [0.1, 0.15) is 22.9 Å². The van der Waals surface area contributed by atoms with Gasteiger partial charge in [-0.05, 0) is 92.9 Å². The van der Waals surface area contributed by atoms with Gasteiger partial charge in [0.15, 0.2) is 5.82 Å². The summed E-state index contributed by atoms with van der Waals surface area (Å²) in [6.07, 6.45) is 11.4. The van der Waals surface area contributed by atoms with E-state index in [1.165, 1.54) is 24.6 Å². The van der Waals surface area contributed by atoms with Crippen LogP contribution in [0.5, 0.6) is 11.8 Å². The lowest BCUT2D eigenvalue weighted by atomic mass is 9.90. The number of aryl methyl sites for hydroxylation is 1. The van der Waals surface area contributed by atoms with E-state index in [4.69, 9.17) is 16.1 Å². The van der Waals surface area contributed by atoms with Crippen LogP contribution < -0.4 is 15.0 Å². The Morgan fingerprint density at radius 1 is 1.11 bits per heavy atom. The fourth-order valence-electron chi connectivity index (χ4n) is 7.44. The van der Waals surface area contributed by atoms with E-state index in [0.717, 1.165) is 58.4 Å². The van der Waals surface area contributed by atoms with Crippen LogP contribution in [0.25, 0.3) is 32.8 Å². The molecule has 1 aromatic heterocycles. The average Bonchev–Trinajstić information content (AvgIpc) is 3.68. The molecular formula is C35H35F2N5O2. The van der Waals surface area contributed by atoms with Gasteiger partial charge in [0.05, 0.1) is 12.2 Å². The SMILES string of the molecule is C#Cc1c(F)ccc2cc(O)cc(-c3c(C)cc4c(N5CC6CCC(C5)N6)nc(OCC5(CN6CCC6)CC5)nc4c3F)c12. The van der Waals surface area contributed by atoms with Crippen molar-refractivity contribution < 1.29 is 18.6 Å². The van der Waals surface area contributed by atoms with Crippen molar-refractivity contribution in [3.8, 4) is 35.2 Å². The van der Waals surface area contributed by atoms with Gasteiger partial charge in [0.2, 0.25) is 0 Å². The average molecular weight is 596 g/mol. The second-order valence-electron chi connectivity index (χ2n) is 13.2. The zero-order valence-corrected chi connectivity index (χ0v) is 24.8. The minimum Gasteiger partial charge on any atom is -0.508 e. The van der Waals surface area contributed by atoms with Crippen molar-refractivity contribution in [2.75, 3.05) is 44.2 Å². The normalized spacial score (nSPS) is 22.3. The van der Waals surface area contributed by atoms with Crippen LogP contribution in [-0.2, 0) is 0 Å². The number of benzene rings is 3. The van der Waals surface area contributed by atoms with Gasteiger partial charge in [-0.25, -0.2) is 8.78 Å². The van der Waals surface area contributed by atoms with Crippen LogP contribution in [0.3, 0.4) is 0 Å². The number of hydrogen-bond acceptors (Lipinski definition) is 7.